The highest BCUT2D eigenvalue weighted by Gasteiger charge is 2.13. The van der Waals surface area contributed by atoms with E-state index in [0.29, 0.717) is 0 Å². The largest absolute Gasteiger partial charge is 0.480 e. The summed E-state index contributed by atoms with van der Waals surface area (Å²) in [7, 11) is 0. The molecule has 1 rings (SSSR count). The molecule has 0 amide bonds. The number of hydrogen-bond acceptors (Lipinski definition) is 2. The minimum atomic E-state index is -0.997. The van der Waals surface area contributed by atoms with Gasteiger partial charge < -0.3 is 10.8 Å². The fourth-order valence-electron chi connectivity index (χ4n) is 1.26. The van der Waals surface area contributed by atoms with Crippen LogP contribution < -0.4 is 5.73 Å². The Morgan fingerprint density at radius 1 is 1.47 bits per heavy atom. The molecular formula is C12H15NO2. The number of rotatable bonds is 4. The van der Waals surface area contributed by atoms with Gasteiger partial charge in [-0.15, -0.1) is 0 Å². The van der Waals surface area contributed by atoms with Gasteiger partial charge in [-0.3, -0.25) is 4.79 Å². The number of aliphatic carboxylic acids is 1. The number of carboxylic acid groups (broad SMARTS) is 1. The lowest BCUT2D eigenvalue weighted by Gasteiger charge is -2.09. The lowest BCUT2D eigenvalue weighted by Crippen LogP contribution is -2.30. The Hall–Kier alpha value is -1.61. The number of benzene rings is 1. The molecule has 3 N–H and O–H groups in total. The molecule has 1 atom stereocenters. The fraction of sp³-hybridized carbons (Fsp3) is 0.250. The molecule has 15 heavy (non-hydrogen) atoms. The predicted octanol–water partition coefficient (Wildman–Crippen LogP) is 1.81. The van der Waals surface area contributed by atoms with E-state index in [1.165, 1.54) is 0 Å². The van der Waals surface area contributed by atoms with Gasteiger partial charge in [0.2, 0.25) is 0 Å². The summed E-state index contributed by atoms with van der Waals surface area (Å²) in [5.41, 5.74) is 8.28. The summed E-state index contributed by atoms with van der Waals surface area (Å²) in [5.74, 6) is -0.997. The molecular weight excluding hydrogens is 190 g/mol. The normalized spacial score (nSPS) is 12.1. The first-order chi connectivity index (χ1) is 7.00. The van der Waals surface area contributed by atoms with Gasteiger partial charge in [-0.2, -0.15) is 0 Å². The molecule has 0 radical (unpaired) electrons. The van der Waals surface area contributed by atoms with E-state index in [2.05, 4.69) is 6.58 Å². The molecule has 80 valence electrons. The van der Waals surface area contributed by atoms with Crippen molar-refractivity contribution in [1.29, 1.82) is 0 Å². The second kappa shape index (κ2) is 4.75. The maximum atomic E-state index is 10.6. The number of carbonyl (C=O) groups is 1. The minimum Gasteiger partial charge on any atom is -0.480 e. The van der Waals surface area contributed by atoms with Crippen molar-refractivity contribution in [2.24, 2.45) is 5.73 Å². The molecule has 0 spiro atoms. The van der Waals surface area contributed by atoms with Gasteiger partial charge in [-0.25, -0.2) is 0 Å². The topological polar surface area (TPSA) is 63.3 Å². The van der Waals surface area contributed by atoms with Gasteiger partial charge >= 0.3 is 5.97 Å². The van der Waals surface area contributed by atoms with E-state index in [0.717, 1.165) is 16.7 Å². The summed E-state index contributed by atoms with van der Waals surface area (Å²) < 4.78 is 0. The first-order valence-electron chi connectivity index (χ1n) is 4.74. The Kier molecular flexibility index (Phi) is 3.63. The summed E-state index contributed by atoms with van der Waals surface area (Å²) in [6.07, 6.45) is 0.276. The first kappa shape index (κ1) is 11.5. The molecule has 0 aliphatic carbocycles. The van der Waals surface area contributed by atoms with Gasteiger partial charge in [0.1, 0.15) is 6.04 Å². The van der Waals surface area contributed by atoms with Crippen LogP contribution in [0.1, 0.15) is 17.5 Å². The van der Waals surface area contributed by atoms with Crippen LogP contribution in [-0.4, -0.2) is 17.1 Å². The van der Waals surface area contributed by atoms with E-state index < -0.39 is 12.0 Å². The van der Waals surface area contributed by atoms with E-state index in [9.17, 15) is 4.79 Å². The standard InChI is InChI=1S/C12H15NO2/c1-8-3-5-10(6-4-8)9(2)7-11(13)12(14)15/h3-6,11H,2,7,13H2,1H3,(H,14,15)/t11-/m0/s1. The minimum absolute atomic E-state index is 0.276. The van der Waals surface area contributed by atoms with Gasteiger partial charge in [0, 0.05) is 0 Å². The predicted molar refractivity (Wildman–Crippen MR) is 60.4 cm³/mol. The van der Waals surface area contributed by atoms with Crippen molar-refractivity contribution in [2.75, 3.05) is 0 Å². The fourth-order valence-corrected chi connectivity index (χ4v) is 1.26. The highest BCUT2D eigenvalue weighted by Crippen LogP contribution is 2.17. The van der Waals surface area contributed by atoms with Crippen LogP contribution in [0.15, 0.2) is 30.8 Å². The van der Waals surface area contributed by atoms with Crippen LogP contribution in [-0.2, 0) is 4.79 Å². The SMILES string of the molecule is C=C(C[C@H](N)C(=O)O)c1ccc(C)cc1. The van der Waals surface area contributed by atoms with Crippen molar-refractivity contribution in [3.63, 3.8) is 0 Å². The number of nitrogens with two attached hydrogens (primary N) is 1. The van der Waals surface area contributed by atoms with Crippen molar-refractivity contribution in [3.8, 4) is 0 Å². The van der Waals surface area contributed by atoms with E-state index >= 15 is 0 Å². The number of hydrogen-bond donors (Lipinski definition) is 2. The summed E-state index contributed by atoms with van der Waals surface area (Å²) in [4.78, 5) is 10.6. The van der Waals surface area contributed by atoms with Crippen LogP contribution in [0, 0.1) is 6.92 Å². The van der Waals surface area contributed by atoms with Gasteiger partial charge in [-0.05, 0) is 24.5 Å². The van der Waals surface area contributed by atoms with Gasteiger partial charge in [-0.1, -0.05) is 36.4 Å². The van der Waals surface area contributed by atoms with E-state index in [1.807, 2.05) is 31.2 Å². The lowest BCUT2D eigenvalue weighted by molar-refractivity contribution is -0.138. The first-order valence-corrected chi connectivity index (χ1v) is 4.74. The molecule has 1 aromatic carbocycles. The third-order valence-electron chi connectivity index (χ3n) is 2.24. The summed E-state index contributed by atoms with van der Waals surface area (Å²) >= 11 is 0. The van der Waals surface area contributed by atoms with Crippen molar-refractivity contribution in [1.82, 2.24) is 0 Å². The Bertz CT molecular complexity index is 368. The summed E-state index contributed by atoms with van der Waals surface area (Å²) in [6.45, 7) is 5.83. The Morgan fingerprint density at radius 3 is 2.47 bits per heavy atom. The molecule has 0 aliphatic rings. The highest BCUT2D eigenvalue weighted by molar-refractivity contribution is 5.77. The van der Waals surface area contributed by atoms with Gasteiger partial charge in [0.15, 0.2) is 0 Å². The highest BCUT2D eigenvalue weighted by atomic mass is 16.4. The quantitative estimate of drug-likeness (QED) is 0.788. The van der Waals surface area contributed by atoms with Crippen LogP contribution >= 0.6 is 0 Å². The molecule has 0 saturated carbocycles. The average Bonchev–Trinajstić information content (AvgIpc) is 2.18. The van der Waals surface area contributed by atoms with Gasteiger partial charge in [0.25, 0.3) is 0 Å². The molecule has 0 saturated heterocycles. The zero-order valence-electron chi connectivity index (χ0n) is 8.73. The second-order valence-corrected chi connectivity index (χ2v) is 3.62. The average molecular weight is 205 g/mol. The third-order valence-corrected chi connectivity index (χ3v) is 2.24. The molecule has 1 aromatic rings. The molecule has 3 nitrogen and oxygen atoms in total. The Balaban J connectivity index is 2.69. The zero-order chi connectivity index (χ0) is 11.4. The van der Waals surface area contributed by atoms with Crippen LogP contribution in [0.5, 0.6) is 0 Å². The number of aryl methyl sites for hydroxylation is 1. The summed E-state index contributed by atoms with van der Waals surface area (Å²) in [6, 6.07) is 6.90. The Labute approximate surface area is 89.2 Å². The van der Waals surface area contributed by atoms with Crippen LogP contribution in [0.4, 0.5) is 0 Å². The molecule has 0 unspecified atom stereocenters. The molecule has 0 aromatic heterocycles. The molecule has 3 heteroatoms. The lowest BCUT2D eigenvalue weighted by atomic mass is 10.00. The van der Waals surface area contributed by atoms with E-state index in [-0.39, 0.29) is 6.42 Å². The third kappa shape index (κ3) is 3.22. The molecule has 0 fully saturated rings. The molecule has 0 heterocycles. The maximum Gasteiger partial charge on any atom is 0.320 e. The van der Waals surface area contributed by atoms with Crippen LogP contribution in [0.2, 0.25) is 0 Å². The molecule has 0 bridgehead atoms. The van der Waals surface area contributed by atoms with Crippen molar-refractivity contribution in [3.05, 3.63) is 42.0 Å². The van der Waals surface area contributed by atoms with Crippen molar-refractivity contribution >= 4 is 11.5 Å². The van der Waals surface area contributed by atoms with Crippen LogP contribution in [0.25, 0.3) is 5.57 Å². The smallest absolute Gasteiger partial charge is 0.320 e. The zero-order valence-corrected chi connectivity index (χ0v) is 8.73. The van der Waals surface area contributed by atoms with Crippen molar-refractivity contribution < 1.29 is 9.90 Å². The van der Waals surface area contributed by atoms with Crippen molar-refractivity contribution in [2.45, 2.75) is 19.4 Å². The monoisotopic (exact) mass is 205 g/mol. The van der Waals surface area contributed by atoms with Gasteiger partial charge in [0.05, 0.1) is 0 Å². The van der Waals surface area contributed by atoms with E-state index in [1.54, 1.807) is 0 Å². The molecule has 0 aliphatic heterocycles. The second-order valence-electron chi connectivity index (χ2n) is 3.62. The van der Waals surface area contributed by atoms with E-state index in [4.69, 9.17) is 10.8 Å². The maximum absolute atomic E-state index is 10.6. The number of carboxylic acids is 1. The Morgan fingerprint density at radius 2 is 2.00 bits per heavy atom. The summed E-state index contributed by atoms with van der Waals surface area (Å²) in [5, 5.41) is 8.66. The van der Waals surface area contributed by atoms with Crippen LogP contribution in [0.3, 0.4) is 0 Å².